The summed E-state index contributed by atoms with van der Waals surface area (Å²) in [6, 6.07) is 3.82. The number of aliphatic imine (C=N–C) groups is 1. The molecule has 1 aliphatic heterocycles. The Hall–Kier alpha value is -2.05. The minimum absolute atomic E-state index is 0.0580. The molecule has 4 N–H and O–H groups in total. The fraction of sp³-hybridized carbons (Fsp3) is 0.375. The lowest BCUT2D eigenvalue weighted by molar-refractivity contribution is -0.142. The van der Waals surface area contributed by atoms with E-state index in [1.165, 1.54) is 23.9 Å². The van der Waals surface area contributed by atoms with Gasteiger partial charge >= 0.3 is 0 Å². The molecule has 0 radical (unpaired) electrons. The van der Waals surface area contributed by atoms with Gasteiger partial charge in [-0.15, -0.1) is 11.8 Å². The minimum atomic E-state index is -1.25. The first-order valence-corrected chi connectivity index (χ1v) is 9.65. The zero-order valence-electron chi connectivity index (χ0n) is 14.5. The van der Waals surface area contributed by atoms with Crippen LogP contribution in [0, 0.1) is 5.82 Å². The highest BCUT2D eigenvalue weighted by atomic mass is 35.5. The Balaban J connectivity index is 1.62. The van der Waals surface area contributed by atoms with Crippen LogP contribution in [0.1, 0.15) is 18.5 Å². The smallest absolute Gasteiger partial charge is 0.186 e. The summed E-state index contributed by atoms with van der Waals surface area (Å²) in [5.41, 5.74) is 1.11. The molecule has 2 aromatic rings. The van der Waals surface area contributed by atoms with Crippen molar-refractivity contribution < 1.29 is 24.1 Å². The Bertz CT molecular complexity index is 890. The van der Waals surface area contributed by atoms with E-state index >= 15 is 0 Å². The van der Waals surface area contributed by atoms with Crippen LogP contribution in [0.25, 0.3) is 0 Å². The molecule has 3 rings (SSSR count). The number of ketones is 1. The average molecular weight is 430 g/mol. The molecule has 0 saturated carbocycles. The maximum atomic E-state index is 13.3. The summed E-state index contributed by atoms with van der Waals surface area (Å²) in [5, 5.41) is 29.9. The number of nitrogens with one attached hydrogen (secondary N) is 2. The highest BCUT2D eigenvalue weighted by Crippen LogP contribution is 2.25. The summed E-state index contributed by atoms with van der Waals surface area (Å²) in [4.78, 5) is 16.1. The second-order valence-electron chi connectivity index (χ2n) is 6.10. The van der Waals surface area contributed by atoms with Crippen molar-refractivity contribution in [3.05, 3.63) is 34.7 Å². The highest BCUT2D eigenvalue weighted by molar-refractivity contribution is 7.99. The van der Waals surface area contributed by atoms with Gasteiger partial charge in [-0.1, -0.05) is 11.6 Å². The first-order chi connectivity index (χ1) is 13.4. The predicted molar refractivity (Wildman–Crippen MR) is 99.6 cm³/mol. The minimum Gasteiger partial charge on any atom is -0.379 e. The molecular formula is C16H17ClFN5O4S. The summed E-state index contributed by atoms with van der Waals surface area (Å²) < 4.78 is 18.0. The lowest BCUT2D eigenvalue weighted by Crippen LogP contribution is -2.64. The van der Waals surface area contributed by atoms with Crippen molar-refractivity contribution in [3.63, 3.8) is 0 Å². The van der Waals surface area contributed by atoms with E-state index in [0.29, 0.717) is 17.2 Å². The van der Waals surface area contributed by atoms with E-state index in [-0.39, 0.29) is 47.5 Å². The summed E-state index contributed by atoms with van der Waals surface area (Å²) in [6.07, 6.45) is 0.754. The van der Waals surface area contributed by atoms with Crippen molar-refractivity contribution in [1.29, 1.82) is 0 Å². The zero-order valence-corrected chi connectivity index (χ0v) is 16.1. The number of aromatic nitrogens is 2. The number of halogens is 2. The Labute approximate surface area is 168 Å². The zero-order chi connectivity index (χ0) is 20.1. The Morgan fingerprint density at radius 1 is 1.46 bits per heavy atom. The van der Waals surface area contributed by atoms with Gasteiger partial charge in [0.1, 0.15) is 11.4 Å². The SMILES string of the molecule is O=C(CCCSc1nonc1C(=Nc1ccc(F)c(Cl)c1)NO)C1(O)CNC1. The number of benzene rings is 1. The summed E-state index contributed by atoms with van der Waals surface area (Å²) in [6.45, 7) is 0.567. The van der Waals surface area contributed by atoms with Crippen LogP contribution in [0.3, 0.4) is 0 Å². The third-order valence-electron chi connectivity index (χ3n) is 4.07. The number of nitrogens with zero attached hydrogens (tertiary/aromatic N) is 3. The number of Topliss-reactive ketones (excluding diaryl/α,β-unsaturated/α-hetero) is 1. The van der Waals surface area contributed by atoms with Gasteiger partial charge in [0.25, 0.3) is 0 Å². The number of carbonyl (C=O) groups excluding carboxylic acids is 1. The number of hydroxylamine groups is 1. The molecule has 2 heterocycles. The summed E-state index contributed by atoms with van der Waals surface area (Å²) in [7, 11) is 0. The number of rotatable bonds is 8. The van der Waals surface area contributed by atoms with Gasteiger partial charge in [-0.3, -0.25) is 15.5 Å². The number of hydrogen-bond donors (Lipinski definition) is 4. The van der Waals surface area contributed by atoms with E-state index in [2.05, 4.69) is 20.6 Å². The van der Waals surface area contributed by atoms with E-state index in [9.17, 15) is 19.5 Å². The first-order valence-electron chi connectivity index (χ1n) is 8.29. The van der Waals surface area contributed by atoms with Crippen molar-refractivity contribution in [1.82, 2.24) is 21.1 Å². The van der Waals surface area contributed by atoms with Crippen molar-refractivity contribution in [2.45, 2.75) is 23.5 Å². The molecule has 9 nitrogen and oxygen atoms in total. The van der Waals surface area contributed by atoms with Crippen LogP contribution in [-0.4, -0.2) is 56.7 Å². The van der Waals surface area contributed by atoms with Gasteiger partial charge in [-0.05, 0) is 34.9 Å². The standard InChI is InChI=1S/C16H17ClFN5O4S/c17-10-6-9(3-4-11(10)18)20-14(21-26)13-15(23-27-22-13)28-5-1-2-12(24)16(25)7-19-8-16/h3-4,6,19,25-26H,1-2,5,7-8H2,(H,20,21). The summed E-state index contributed by atoms with van der Waals surface area (Å²) >= 11 is 6.98. The van der Waals surface area contributed by atoms with Crippen molar-refractivity contribution >= 4 is 40.7 Å². The quantitative estimate of drug-likeness (QED) is 0.163. The molecule has 1 saturated heterocycles. The van der Waals surface area contributed by atoms with Crippen molar-refractivity contribution in [3.8, 4) is 0 Å². The molecule has 0 amide bonds. The predicted octanol–water partition coefficient (Wildman–Crippen LogP) is 1.69. The molecule has 1 aliphatic rings. The number of carbonyl (C=O) groups is 1. The molecule has 1 fully saturated rings. The van der Waals surface area contributed by atoms with Gasteiger partial charge in [-0.2, -0.15) is 0 Å². The normalized spacial score (nSPS) is 15.9. The molecule has 0 aliphatic carbocycles. The van der Waals surface area contributed by atoms with Gasteiger partial charge in [0.2, 0.25) is 0 Å². The molecule has 28 heavy (non-hydrogen) atoms. The number of β-amino-alcohol motifs (C(OH)–C–C–N with tert-alkyl or cyclic N) is 1. The molecule has 0 spiro atoms. The van der Waals surface area contributed by atoms with Gasteiger partial charge in [0.05, 0.1) is 10.7 Å². The topological polar surface area (TPSA) is 133 Å². The monoisotopic (exact) mass is 429 g/mol. The summed E-state index contributed by atoms with van der Waals surface area (Å²) in [5.74, 6) is -0.331. The van der Waals surface area contributed by atoms with Gasteiger partial charge < -0.3 is 10.4 Å². The van der Waals surface area contributed by atoms with Crippen LogP contribution in [-0.2, 0) is 4.79 Å². The largest absolute Gasteiger partial charge is 0.379 e. The van der Waals surface area contributed by atoms with Gasteiger partial charge in [0, 0.05) is 25.3 Å². The second kappa shape index (κ2) is 8.97. The van der Waals surface area contributed by atoms with Crippen LogP contribution in [0.5, 0.6) is 0 Å². The van der Waals surface area contributed by atoms with Crippen LogP contribution in [0.2, 0.25) is 5.02 Å². The molecule has 1 aromatic carbocycles. The number of aliphatic hydroxyl groups is 1. The van der Waals surface area contributed by atoms with Crippen LogP contribution in [0.4, 0.5) is 10.1 Å². The van der Waals surface area contributed by atoms with Crippen LogP contribution < -0.4 is 10.8 Å². The molecule has 0 unspecified atom stereocenters. The van der Waals surface area contributed by atoms with E-state index in [4.69, 9.17) is 16.2 Å². The molecule has 12 heteroatoms. The van der Waals surface area contributed by atoms with Gasteiger partial charge in [0.15, 0.2) is 22.3 Å². The van der Waals surface area contributed by atoms with Crippen molar-refractivity contribution in [2.75, 3.05) is 18.8 Å². The highest BCUT2D eigenvalue weighted by Gasteiger charge is 2.40. The van der Waals surface area contributed by atoms with Gasteiger partial charge in [-0.25, -0.2) is 14.0 Å². The van der Waals surface area contributed by atoms with Crippen molar-refractivity contribution in [2.24, 2.45) is 4.99 Å². The Morgan fingerprint density at radius 3 is 2.89 bits per heavy atom. The second-order valence-corrected chi connectivity index (χ2v) is 7.59. The fourth-order valence-electron chi connectivity index (χ4n) is 2.43. The molecule has 0 atom stereocenters. The lowest BCUT2D eigenvalue weighted by Gasteiger charge is -2.35. The molecular weight excluding hydrogens is 413 g/mol. The van der Waals surface area contributed by atoms with E-state index in [1.807, 2.05) is 5.48 Å². The molecule has 0 bridgehead atoms. The van der Waals surface area contributed by atoms with Crippen LogP contribution in [0.15, 0.2) is 32.8 Å². The number of hydrogen-bond acceptors (Lipinski definition) is 9. The Morgan fingerprint density at radius 2 is 2.25 bits per heavy atom. The maximum Gasteiger partial charge on any atom is 0.186 e. The first kappa shape index (κ1) is 20.7. The molecule has 150 valence electrons. The van der Waals surface area contributed by atoms with E-state index in [1.54, 1.807) is 0 Å². The fourth-order valence-corrected chi connectivity index (χ4v) is 3.44. The third-order valence-corrected chi connectivity index (χ3v) is 5.40. The average Bonchev–Trinajstić information content (AvgIpc) is 3.12. The molecule has 1 aromatic heterocycles. The van der Waals surface area contributed by atoms with Crippen LogP contribution >= 0.6 is 23.4 Å². The third kappa shape index (κ3) is 4.67. The maximum absolute atomic E-state index is 13.3. The number of amidine groups is 1. The lowest BCUT2D eigenvalue weighted by atomic mass is 9.89. The Kier molecular flexibility index (Phi) is 6.62. The van der Waals surface area contributed by atoms with E-state index in [0.717, 1.165) is 6.07 Å². The number of thioether (sulfide) groups is 1. The van der Waals surface area contributed by atoms with E-state index < -0.39 is 11.4 Å².